The lowest BCUT2D eigenvalue weighted by molar-refractivity contribution is -0.144. The molecule has 4 N–H and O–H groups in total. The molecule has 94 valence electrons. The first kappa shape index (κ1) is 14.6. The summed E-state index contributed by atoms with van der Waals surface area (Å²) < 4.78 is 23.3. The Morgan fingerprint density at radius 3 is 2.44 bits per heavy atom. The summed E-state index contributed by atoms with van der Waals surface area (Å²) in [5.41, 5.74) is 1.80. The summed E-state index contributed by atoms with van der Waals surface area (Å²) in [5.74, 6) is -1.22. The Balaban J connectivity index is 3.48. The van der Waals surface area contributed by atoms with Gasteiger partial charge in [-0.15, -0.1) is 0 Å². The molecule has 2 amide bonds. The third-order valence-electron chi connectivity index (χ3n) is 1.14. The molecule has 0 aliphatic carbocycles. The van der Waals surface area contributed by atoms with Gasteiger partial charge < -0.3 is 10.4 Å². The third-order valence-corrected chi connectivity index (χ3v) is 1.86. The molecular weight excluding hydrogens is 242 g/mol. The van der Waals surface area contributed by atoms with Crippen molar-refractivity contribution >= 4 is 22.0 Å². The zero-order chi connectivity index (χ0) is 12.6. The van der Waals surface area contributed by atoms with Crippen molar-refractivity contribution in [2.75, 3.05) is 26.0 Å². The van der Waals surface area contributed by atoms with E-state index in [-0.39, 0.29) is 13.1 Å². The second-order valence-corrected chi connectivity index (χ2v) is 4.54. The molecule has 10 heteroatoms. The van der Waals surface area contributed by atoms with E-state index in [0.29, 0.717) is 0 Å². The van der Waals surface area contributed by atoms with Crippen molar-refractivity contribution in [2.24, 2.45) is 0 Å². The van der Waals surface area contributed by atoms with Crippen molar-refractivity contribution in [1.29, 1.82) is 0 Å². The monoisotopic (exact) mass is 255 g/mol. The Kier molecular flexibility index (Phi) is 6.37. The van der Waals surface area contributed by atoms with E-state index in [1.165, 1.54) is 0 Å². The third kappa shape index (κ3) is 10.7. The van der Waals surface area contributed by atoms with Gasteiger partial charge in [0.15, 0.2) is 6.61 Å². The second-order valence-electron chi connectivity index (χ2n) is 2.71. The van der Waals surface area contributed by atoms with Gasteiger partial charge in [-0.3, -0.25) is 4.84 Å². The van der Waals surface area contributed by atoms with Gasteiger partial charge in [-0.05, 0) is 0 Å². The molecular formula is C6H13N3O6S. The first-order valence-electron chi connectivity index (χ1n) is 4.13. The summed E-state index contributed by atoms with van der Waals surface area (Å²) in [4.78, 5) is 25.1. The number of urea groups is 1. The molecule has 0 radical (unpaired) electrons. The Bertz CT molecular complexity index is 340. The summed E-state index contributed by atoms with van der Waals surface area (Å²) in [6, 6.07) is -0.753. The standard InChI is InChI=1S/C6H13N3O6S/c1-16(13,14)8-3-2-7-6(12)9-15-4-5(10)11/h8H,2-4H2,1H3,(H,10,11)(H2,7,9,12). The van der Waals surface area contributed by atoms with Crippen LogP contribution in [0.3, 0.4) is 0 Å². The minimum absolute atomic E-state index is 0.0329. The molecule has 0 unspecified atom stereocenters. The highest BCUT2D eigenvalue weighted by Crippen LogP contribution is 1.73. The number of amides is 2. The van der Waals surface area contributed by atoms with Crippen LogP contribution in [-0.4, -0.2) is 51.5 Å². The zero-order valence-electron chi connectivity index (χ0n) is 8.52. The number of sulfonamides is 1. The van der Waals surface area contributed by atoms with Gasteiger partial charge in [0.25, 0.3) is 0 Å². The lowest BCUT2D eigenvalue weighted by Gasteiger charge is -2.06. The van der Waals surface area contributed by atoms with Gasteiger partial charge in [-0.25, -0.2) is 28.2 Å². The summed E-state index contributed by atoms with van der Waals surface area (Å²) >= 11 is 0. The van der Waals surface area contributed by atoms with Crippen molar-refractivity contribution in [3.05, 3.63) is 0 Å². The van der Waals surface area contributed by atoms with Crippen LogP contribution in [0.5, 0.6) is 0 Å². The highest BCUT2D eigenvalue weighted by atomic mass is 32.2. The van der Waals surface area contributed by atoms with E-state index in [1.54, 1.807) is 5.48 Å². The molecule has 0 aromatic carbocycles. The predicted molar refractivity (Wildman–Crippen MR) is 53.0 cm³/mol. The van der Waals surface area contributed by atoms with Crippen molar-refractivity contribution in [3.63, 3.8) is 0 Å². The molecule has 0 aromatic heterocycles. The Morgan fingerprint density at radius 2 is 1.94 bits per heavy atom. The van der Waals surface area contributed by atoms with Crippen molar-refractivity contribution < 1.29 is 28.0 Å². The number of hydrogen-bond donors (Lipinski definition) is 4. The maximum Gasteiger partial charge on any atom is 0.338 e. The number of rotatable bonds is 7. The SMILES string of the molecule is CS(=O)(=O)NCCNC(=O)NOCC(=O)O. The maximum absolute atomic E-state index is 10.8. The summed E-state index contributed by atoms with van der Waals surface area (Å²) in [6.07, 6.45) is 0.989. The van der Waals surface area contributed by atoms with E-state index in [9.17, 15) is 18.0 Å². The number of hydroxylamine groups is 1. The number of carbonyl (C=O) groups excluding carboxylic acids is 1. The number of hydrogen-bond acceptors (Lipinski definition) is 5. The van der Waals surface area contributed by atoms with Crippen LogP contribution >= 0.6 is 0 Å². The van der Waals surface area contributed by atoms with Gasteiger partial charge in [0.2, 0.25) is 10.0 Å². The minimum atomic E-state index is -3.28. The van der Waals surface area contributed by atoms with E-state index < -0.39 is 28.6 Å². The van der Waals surface area contributed by atoms with E-state index in [4.69, 9.17) is 5.11 Å². The normalized spacial score (nSPS) is 10.8. The molecule has 16 heavy (non-hydrogen) atoms. The first-order chi connectivity index (χ1) is 7.31. The van der Waals surface area contributed by atoms with Crippen molar-refractivity contribution in [2.45, 2.75) is 0 Å². The fourth-order valence-corrected chi connectivity index (χ4v) is 1.08. The summed E-state index contributed by atoms with van der Waals surface area (Å²) in [5, 5.41) is 10.4. The minimum Gasteiger partial charge on any atom is -0.479 e. The fourth-order valence-electron chi connectivity index (χ4n) is 0.612. The molecule has 0 aromatic rings. The van der Waals surface area contributed by atoms with E-state index in [2.05, 4.69) is 14.9 Å². The van der Waals surface area contributed by atoms with Crippen LogP contribution in [0.15, 0.2) is 0 Å². The van der Waals surface area contributed by atoms with Gasteiger partial charge in [0.05, 0.1) is 6.26 Å². The molecule has 0 aliphatic rings. The molecule has 0 spiro atoms. The molecule has 0 heterocycles. The number of carboxylic acids is 1. The van der Waals surface area contributed by atoms with Gasteiger partial charge in [0, 0.05) is 13.1 Å². The molecule has 0 rings (SSSR count). The predicted octanol–water partition coefficient (Wildman–Crippen LogP) is -2.15. The Labute approximate surface area is 92.2 Å². The van der Waals surface area contributed by atoms with Crippen LogP contribution in [0.2, 0.25) is 0 Å². The van der Waals surface area contributed by atoms with Crippen LogP contribution in [-0.2, 0) is 19.7 Å². The van der Waals surface area contributed by atoms with Crippen LogP contribution in [0.4, 0.5) is 4.79 Å². The molecule has 0 fully saturated rings. The average molecular weight is 255 g/mol. The quantitative estimate of drug-likeness (QED) is 0.303. The molecule has 9 nitrogen and oxygen atoms in total. The van der Waals surface area contributed by atoms with E-state index in [0.717, 1.165) is 6.26 Å². The summed E-state index contributed by atoms with van der Waals surface area (Å²) in [7, 11) is -3.28. The number of carbonyl (C=O) groups is 2. The molecule has 0 aliphatic heterocycles. The maximum atomic E-state index is 10.8. The van der Waals surface area contributed by atoms with Gasteiger partial charge in [-0.2, -0.15) is 0 Å². The van der Waals surface area contributed by atoms with Gasteiger partial charge in [0.1, 0.15) is 0 Å². The number of aliphatic carboxylic acids is 1. The lowest BCUT2D eigenvalue weighted by atomic mass is 10.6. The molecule has 0 bridgehead atoms. The van der Waals surface area contributed by atoms with Crippen LogP contribution in [0.1, 0.15) is 0 Å². The smallest absolute Gasteiger partial charge is 0.338 e. The second kappa shape index (κ2) is 6.98. The Hall–Kier alpha value is -1.39. The van der Waals surface area contributed by atoms with Crippen molar-refractivity contribution in [1.82, 2.24) is 15.5 Å². The number of nitrogens with one attached hydrogen (secondary N) is 3. The highest BCUT2D eigenvalue weighted by molar-refractivity contribution is 7.88. The molecule has 0 saturated heterocycles. The molecule has 0 atom stereocenters. The number of carboxylic acid groups (broad SMARTS) is 1. The van der Waals surface area contributed by atoms with Crippen LogP contribution in [0.25, 0.3) is 0 Å². The van der Waals surface area contributed by atoms with E-state index in [1.807, 2.05) is 0 Å². The summed E-state index contributed by atoms with van der Waals surface area (Å²) in [6.45, 7) is -0.574. The fraction of sp³-hybridized carbons (Fsp3) is 0.667. The van der Waals surface area contributed by atoms with Gasteiger partial charge >= 0.3 is 12.0 Å². The van der Waals surface area contributed by atoms with Crippen LogP contribution in [0, 0.1) is 0 Å². The highest BCUT2D eigenvalue weighted by Gasteiger charge is 2.03. The van der Waals surface area contributed by atoms with E-state index >= 15 is 0 Å². The Morgan fingerprint density at radius 1 is 1.31 bits per heavy atom. The zero-order valence-corrected chi connectivity index (χ0v) is 9.33. The average Bonchev–Trinajstić information content (AvgIpc) is 2.10. The molecule has 0 saturated carbocycles. The van der Waals surface area contributed by atoms with Crippen LogP contribution < -0.4 is 15.5 Å². The van der Waals surface area contributed by atoms with Gasteiger partial charge in [-0.1, -0.05) is 0 Å². The first-order valence-corrected chi connectivity index (χ1v) is 6.02. The van der Waals surface area contributed by atoms with Crippen molar-refractivity contribution in [3.8, 4) is 0 Å². The topological polar surface area (TPSA) is 134 Å². The lowest BCUT2D eigenvalue weighted by Crippen LogP contribution is -2.40. The largest absolute Gasteiger partial charge is 0.479 e.